The third-order valence-electron chi connectivity index (χ3n) is 4.59. The molecular weight excluding hydrogens is 262 g/mol. The number of aromatic amines is 1. The third kappa shape index (κ3) is 3.20. The molecule has 4 nitrogen and oxygen atoms in total. The number of nitrogens with one attached hydrogen (secondary N) is 2. The third-order valence-corrected chi connectivity index (χ3v) is 4.59. The molecule has 112 valence electrons. The fraction of sp³-hybridized carbons (Fsp3) is 0.471. The number of hydrogen-bond acceptors (Lipinski definition) is 2. The van der Waals surface area contributed by atoms with E-state index in [4.69, 9.17) is 0 Å². The van der Waals surface area contributed by atoms with Crippen LogP contribution in [0.4, 0.5) is 5.69 Å². The molecule has 0 radical (unpaired) electrons. The van der Waals surface area contributed by atoms with Crippen molar-refractivity contribution in [3.05, 3.63) is 47.1 Å². The Morgan fingerprint density at radius 2 is 1.90 bits per heavy atom. The molecule has 0 unspecified atom stereocenters. The van der Waals surface area contributed by atoms with Crippen molar-refractivity contribution in [3.63, 3.8) is 0 Å². The largest absolute Gasteiger partial charge is 0.382 e. The lowest BCUT2D eigenvalue weighted by molar-refractivity contribution is 0.330. The van der Waals surface area contributed by atoms with Gasteiger partial charge in [0.2, 0.25) is 0 Å². The molecule has 3 rings (SSSR count). The highest BCUT2D eigenvalue weighted by atomic mass is 16.1. The minimum absolute atomic E-state index is 0.103. The lowest BCUT2D eigenvalue weighted by Gasteiger charge is -2.29. The van der Waals surface area contributed by atoms with Gasteiger partial charge in [-0.3, -0.25) is 4.57 Å². The molecule has 1 fully saturated rings. The number of hydrogen-bond donors (Lipinski definition) is 2. The molecule has 0 atom stereocenters. The number of anilines is 1. The maximum absolute atomic E-state index is 11.6. The SMILES string of the molecule is CCC1CCC(Nc2ccc(-n3cc[nH]c3=O)cc2)CC1. The van der Waals surface area contributed by atoms with Crippen molar-refractivity contribution in [1.29, 1.82) is 0 Å². The molecule has 1 aromatic carbocycles. The molecule has 2 aromatic rings. The van der Waals surface area contributed by atoms with Crippen LogP contribution in [0.15, 0.2) is 41.5 Å². The number of rotatable bonds is 4. The van der Waals surface area contributed by atoms with Crippen molar-refractivity contribution in [2.75, 3.05) is 5.32 Å². The van der Waals surface area contributed by atoms with Crippen LogP contribution >= 0.6 is 0 Å². The van der Waals surface area contributed by atoms with Crippen molar-refractivity contribution in [3.8, 4) is 5.69 Å². The van der Waals surface area contributed by atoms with Gasteiger partial charge in [-0.05, 0) is 55.9 Å². The zero-order chi connectivity index (χ0) is 14.7. The highest BCUT2D eigenvalue weighted by Gasteiger charge is 2.19. The summed E-state index contributed by atoms with van der Waals surface area (Å²) in [5, 5.41) is 3.62. The summed E-state index contributed by atoms with van der Waals surface area (Å²) in [6.07, 6.45) is 9.91. The van der Waals surface area contributed by atoms with Gasteiger partial charge in [-0.25, -0.2) is 4.79 Å². The Hall–Kier alpha value is -1.97. The highest BCUT2D eigenvalue weighted by Crippen LogP contribution is 2.28. The predicted molar refractivity (Wildman–Crippen MR) is 86.0 cm³/mol. The molecule has 0 aliphatic heterocycles. The predicted octanol–water partition coefficient (Wildman–Crippen LogP) is 3.55. The summed E-state index contributed by atoms with van der Waals surface area (Å²) < 4.78 is 1.61. The van der Waals surface area contributed by atoms with Gasteiger partial charge in [-0.1, -0.05) is 13.3 Å². The van der Waals surface area contributed by atoms with Crippen LogP contribution in [0.2, 0.25) is 0 Å². The van der Waals surface area contributed by atoms with Gasteiger partial charge in [-0.15, -0.1) is 0 Å². The van der Waals surface area contributed by atoms with E-state index in [1.807, 2.05) is 12.1 Å². The Labute approximate surface area is 125 Å². The summed E-state index contributed by atoms with van der Waals surface area (Å²) in [6, 6.07) is 8.67. The Kier molecular flexibility index (Phi) is 4.13. The normalized spacial score (nSPS) is 22.1. The van der Waals surface area contributed by atoms with Crippen LogP contribution in [0, 0.1) is 5.92 Å². The van der Waals surface area contributed by atoms with E-state index in [-0.39, 0.29) is 5.69 Å². The molecule has 21 heavy (non-hydrogen) atoms. The lowest BCUT2D eigenvalue weighted by atomic mass is 9.84. The van der Waals surface area contributed by atoms with Crippen LogP contribution in [0.1, 0.15) is 39.0 Å². The molecule has 1 aromatic heterocycles. The first-order chi connectivity index (χ1) is 10.3. The summed E-state index contributed by atoms with van der Waals surface area (Å²) in [5.74, 6) is 0.922. The number of imidazole rings is 1. The van der Waals surface area contributed by atoms with Crippen molar-refractivity contribution < 1.29 is 0 Å². The number of aromatic nitrogens is 2. The van der Waals surface area contributed by atoms with E-state index in [1.165, 1.54) is 32.1 Å². The van der Waals surface area contributed by atoms with Gasteiger partial charge in [0.15, 0.2) is 0 Å². The van der Waals surface area contributed by atoms with Crippen LogP contribution in [-0.2, 0) is 0 Å². The molecule has 0 bridgehead atoms. The summed E-state index contributed by atoms with van der Waals surface area (Å²) in [6.45, 7) is 2.29. The Bertz CT molecular complexity index is 618. The smallest absolute Gasteiger partial charge is 0.330 e. The fourth-order valence-corrected chi connectivity index (χ4v) is 3.19. The van der Waals surface area contributed by atoms with Crippen LogP contribution < -0.4 is 11.0 Å². The van der Waals surface area contributed by atoms with E-state index in [0.29, 0.717) is 6.04 Å². The quantitative estimate of drug-likeness (QED) is 0.902. The molecule has 0 spiro atoms. The van der Waals surface area contributed by atoms with Crippen molar-refractivity contribution >= 4 is 5.69 Å². The molecule has 1 aliphatic rings. The maximum Gasteiger partial charge on any atom is 0.330 e. The van der Waals surface area contributed by atoms with Gasteiger partial charge >= 0.3 is 5.69 Å². The number of benzene rings is 1. The molecule has 1 heterocycles. The van der Waals surface area contributed by atoms with Crippen LogP contribution in [0.25, 0.3) is 5.69 Å². The van der Waals surface area contributed by atoms with Crippen LogP contribution in [0.5, 0.6) is 0 Å². The first-order valence-electron chi connectivity index (χ1n) is 7.89. The molecule has 1 saturated carbocycles. The Morgan fingerprint density at radius 1 is 1.19 bits per heavy atom. The van der Waals surface area contributed by atoms with Gasteiger partial charge in [-0.2, -0.15) is 0 Å². The average molecular weight is 285 g/mol. The molecule has 1 aliphatic carbocycles. The summed E-state index contributed by atoms with van der Waals surface area (Å²) in [7, 11) is 0. The Morgan fingerprint density at radius 3 is 2.48 bits per heavy atom. The first-order valence-corrected chi connectivity index (χ1v) is 7.89. The molecule has 0 saturated heterocycles. The summed E-state index contributed by atoms with van der Waals surface area (Å²) in [5.41, 5.74) is 1.93. The van der Waals surface area contributed by atoms with E-state index in [1.54, 1.807) is 17.0 Å². The van der Waals surface area contributed by atoms with Crippen molar-refractivity contribution in [1.82, 2.24) is 9.55 Å². The zero-order valence-electron chi connectivity index (χ0n) is 12.5. The van der Waals surface area contributed by atoms with Gasteiger partial charge in [0, 0.05) is 24.1 Å². The lowest BCUT2D eigenvalue weighted by Crippen LogP contribution is -2.25. The van der Waals surface area contributed by atoms with Gasteiger partial charge in [0.1, 0.15) is 0 Å². The molecule has 2 N–H and O–H groups in total. The zero-order valence-corrected chi connectivity index (χ0v) is 12.5. The standard InChI is InChI=1S/C17H23N3O/c1-2-13-3-5-14(6-4-13)19-15-7-9-16(10-8-15)20-12-11-18-17(20)21/h7-14,19H,2-6H2,1H3,(H,18,21). The van der Waals surface area contributed by atoms with Gasteiger partial charge < -0.3 is 10.3 Å². The second kappa shape index (κ2) is 6.20. The van der Waals surface area contributed by atoms with Gasteiger partial charge in [0.25, 0.3) is 0 Å². The van der Waals surface area contributed by atoms with Crippen LogP contribution in [-0.4, -0.2) is 15.6 Å². The number of nitrogens with zero attached hydrogens (tertiary/aromatic N) is 1. The maximum atomic E-state index is 11.6. The van der Waals surface area contributed by atoms with E-state index < -0.39 is 0 Å². The van der Waals surface area contributed by atoms with E-state index in [2.05, 4.69) is 29.4 Å². The van der Waals surface area contributed by atoms with E-state index >= 15 is 0 Å². The second-order valence-electron chi connectivity index (χ2n) is 5.95. The molecule has 4 heteroatoms. The molecular formula is C17H23N3O. The Balaban J connectivity index is 1.63. The van der Waals surface area contributed by atoms with Gasteiger partial charge in [0.05, 0.1) is 5.69 Å². The fourth-order valence-electron chi connectivity index (χ4n) is 3.19. The van der Waals surface area contributed by atoms with Crippen LogP contribution in [0.3, 0.4) is 0 Å². The summed E-state index contributed by atoms with van der Waals surface area (Å²) in [4.78, 5) is 14.2. The minimum atomic E-state index is -0.103. The number of H-pyrrole nitrogens is 1. The average Bonchev–Trinajstić information content (AvgIpc) is 2.95. The van der Waals surface area contributed by atoms with E-state index in [0.717, 1.165) is 17.3 Å². The first kappa shape index (κ1) is 14.0. The molecule has 0 amide bonds. The minimum Gasteiger partial charge on any atom is -0.382 e. The summed E-state index contributed by atoms with van der Waals surface area (Å²) >= 11 is 0. The van der Waals surface area contributed by atoms with Crippen molar-refractivity contribution in [2.45, 2.75) is 45.1 Å². The highest BCUT2D eigenvalue weighted by molar-refractivity contribution is 5.49. The topological polar surface area (TPSA) is 49.8 Å². The monoisotopic (exact) mass is 285 g/mol. The van der Waals surface area contributed by atoms with E-state index in [9.17, 15) is 4.79 Å². The van der Waals surface area contributed by atoms with Crippen molar-refractivity contribution in [2.24, 2.45) is 5.92 Å². The second-order valence-corrected chi connectivity index (χ2v) is 5.95.